The molecule has 1 amide bonds. The predicted octanol–water partition coefficient (Wildman–Crippen LogP) is 2.65. The molecule has 1 N–H and O–H groups in total. The van der Waals surface area contributed by atoms with Gasteiger partial charge >= 0.3 is 0 Å². The number of sulfonamides is 1. The lowest BCUT2D eigenvalue weighted by molar-refractivity contribution is -0.118. The molecular weight excluding hydrogens is 376 g/mol. The van der Waals surface area contributed by atoms with E-state index in [1.165, 1.54) is 4.90 Å². The summed E-state index contributed by atoms with van der Waals surface area (Å²) in [6, 6.07) is 12.1. The number of terminal acetylenes is 1. The minimum atomic E-state index is -3.66. The van der Waals surface area contributed by atoms with E-state index in [9.17, 15) is 13.2 Å². The van der Waals surface area contributed by atoms with Crippen molar-refractivity contribution in [2.24, 2.45) is 0 Å². The van der Waals surface area contributed by atoms with Crippen LogP contribution in [0, 0.1) is 26.2 Å². The van der Waals surface area contributed by atoms with Crippen molar-refractivity contribution in [3.8, 4) is 18.1 Å². The number of benzene rings is 2. The lowest BCUT2D eigenvalue weighted by atomic mass is 10.2. The Kier molecular flexibility index (Phi) is 7.21. The molecule has 6 nitrogen and oxygen atoms in total. The molecule has 0 aromatic heterocycles. The summed E-state index contributed by atoms with van der Waals surface area (Å²) < 4.78 is 32.7. The lowest BCUT2D eigenvalue weighted by Crippen LogP contribution is -2.32. The molecule has 0 aliphatic carbocycles. The second-order valence-electron chi connectivity index (χ2n) is 6.36. The summed E-state index contributed by atoms with van der Waals surface area (Å²) in [6.07, 6.45) is 5.18. The van der Waals surface area contributed by atoms with Crippen LogP contribution in [-0.4, -0.2) is 34.5 Å². The van der Waals surface area contributed by atoms with E-state index in [0.29, 0.717) is 17.0 Å². The fraction of sp³-hybridized carbons (Fsp3) is 0.286. The smallest absolute Gasteiger partial charge is 0.240 e. The zero-order valence-electron chi connectivity index (χ0n) is 16.2. The first-order valence-electron chi connectivity index (χ1n) is 8.74. The fourth-order valence-corrected chi connectivity index (χ4v) is 3.93. The first kappa shape index (κ1) is 21.5. The van der Waals surface area contributed by atoms with E-state index < -0.39 is 10.0 Å². The van der Waals surface area contributed by atoms with Crippen LogP contribution in [-0.2, 0) is 14.8 Å². The van der Waals surface area contributed by atoms with Gasteiger partial charge in [-0.1, -0.05) is 23.6 Å². The van der Waals surface area contributed by atoms with Crippen molar-refractivity contribution in [2.75, 3.05) is 25.1 Å². The summed E-state index contributed by atoms with van der Waals surface area (Å²) in [6.45, 7) is 3.84. The maximum Gasteiger partial charge on any atom is 0.240 e. The van der Waals surface area contributed by atoms with E-state index in [1.54, 1.807) is 50.4 Å². The summed E-state index contributed by atoms with van der Waals surface area (Å²) in [4.78, 5) is 14.1. The molecule has 0 radical (unpaired) electrons. The highest BCUT2D eigenvalue weighted by Gasteiger charge is 2.18. The van der Waals surface area contributed by atoms with Crippen molar-refractivity contribution < 1.29 is 17.9 Å². The number of ether oxygens (including phenoxy) is 1. The molecule has 0 atom stereocenters. The molecule has 0 fully saturated rings. The summed E-state index contributed by atoms with van der Waals surface area (Å²) >= 11 is 0. The van der Waals surface area contributed by atoms with Crippen LogP contribution in [0.1, 0.15) is 17.5 Å². The Bertz CT molecular complexity index is 976. The number of aryl methyl sites for hydroxylation is 2. The molecule has 148 valence electrons. The van der Waals surface area contributed by atoms with Crippen LogP contribution < -0.4 is 14.4 Å². The van der Waals surface area contributed by atoms with E-state index in [-0.39, 0.29) is 30.4 Å². The van der Waals surface area contributed by atoms with Gasteiger partial charge in [0.15, 0.2) is 0 Å². The third-order valence-corrected chi connectivity index (χ3v) is 5.79. The van der Waals surface area contributed by atoms with Gasteiger partial charge in [0.1, 0.15) is 12.4 Å². The summed E-state index contributed by atoms with van der Waals surface area (Å²) in [5.41, 5.74) is 2.34. The van der Waals surface area contributed by atoms with Gasteiger partial charge in [0, 0.05) is 25.7 Å². The van der Waals surface area contributed by atoms with Crippen LogP contribution in [0.3, 0.4) is 0 Å². The van der Waals surface area contributed by atoms with Gasteiger partial charge in [0.05, 0.1) is 4.90 Å². The minimum absolute atomic E-state index is 0.0161. The van der Waals surface area contributed by atoms with Crippen LogP contribution in [0.15, 0.2) is 47.4 Å². The van der Waals surface area contributed by atoms with Gasteiger partial charge in [-0.15, -0.1) is 6.42 Å². The molecule has 0 saturated heterocycles. The molecule has 2 aromatic carbocycles. The van der Waals surface area contributed by atoms with Crippen LogP contribution in [0.2, 0.25) is 0 Å². The van der Waals surface area contributed by atoms with Gasteiger partial charge in [-0.25, -0.2) is 13.1 Å². The van der Waals surface area contributed by atoms with Gasteiger partial charge in [-0.3, -0.25) is 4.79 Å². The molecule has 0 saturated carbocycles. The average Bonchev–Trinajstić information content (AvgIpc) is 2.65. The second kappa shape index (κ2) is 9.40. The highest BCUT2D eigenvalue weighted by atomic mass is 32.2. The van der Waals surface area contributed by atoms with Gasteiger partial charge < -0.3 is 9.64 Å². The van der Waals surface area contributed by atoms with Crippen LogP contribution in [0.5, 0.6) is 5.75 Å². The molecule has 7 heteroatoms. The maximum absolute atomic E-state index is 12.4. The largest absolute Gasteiger partial charge is 0.481 e. The minimum Gasteiger partial charge on any atom is -0.481 e. The molecule has 0 aliphatic heterocycles. The molecule has 0 unspecified atom stereocenters. The molecule has 2 aromatic rings. The molecule has 0 heterocycles. The van der Waals surface area contributed by atoms with Crippen molar-refractivity contribution in [3.05, 3.63) is 53.6 Å². The highest BCUT2D eigenvalue weighted by molar-refractivity contribution is 7.89. The molecule has 0 aliphatic rings. The second-order valence-corrected chi connectivity index (χ2v) is 8.09. The monoisotopic (exact) mass is 400 g/mol. The van der Waals surface area contributed by atoms with Crippen molar-refractivity contribution in [2.45, 2.75) is 25.2 Å². The van der Waals surface area contributed by atoms with E-state index in [1.807, 2.05) is 13.0 Å². The Morgan fingerprint density at radius 1 is 1.18 bits per heavy atom. The van der Waals surface area contributed by atoms with E-state index in [4.69, 9.17) is 11.2 Å². The molecule has 28 heavy (non-hydrogen) atoms. The Morgan fingerprint density at radius 3 is 2.46 bits per heavy atom. The van der Waals surface area contributed by atoms with Crippen LogP contribution in [0.25, 0.3) is 0 Å². The number of hydrogen-bond acceptors (Lipinski definition) is 4. The first-order chi connectivity index (χ1) is 13.2. The lowest BCUT2D eigenvalue weighted by Gasteiger charge is -2.18. The Balaban J connectivity index is 1.93. The summed E-state index contributed by atoms with van der Waals surface area (Å²) in [7, 11) is -2.02. The van der Waals surface area contributed by atoms with Crippen LogP contribution >= 0.6 is 0 Å². The zero-order valence-corrected chi connectivity index (χ0v) is 17.0. The molecule has 0 spiro atoms. The van der Waals surface area contributed by atoms with Crippen molar-refractivity contribution >= 4 is 21.6 Å². The number of amides is 1. The first-order valence-corrected chi connectivity index (χ1v) is 10.2. The van der Waals surface area contributed by atoms with Gasteiger partial charge in [-0.05, 0) is 49.7 Å². The summed E-state index contributed by atoms with van der Waals surface area (Å²) in [5, 5.41) is 0. The third-order valence-electron chi connectivity index (χ3n) is 4.17. The van der Waals surface area contributed by atoms with Crippen molar-refractivity contribution in [3.63, 3.8) is 0 Å². The number of nitrogens with one attached hydrogen (secondary N) is 1. The fourth-order valence-electron chi connectivity index (χ4n) is 2.67. The normalized spacial score (nSPS) is 10.9. The van der Waals surface area contributed by atoms with Crippen LogP contribution in [0.4, 0.5) is 5.69 Å². The van der Waals surface area contributed by atoms with E-state index in [2.05, 4.69) is 10.6 Å². The van der Waals surface area contributed by atoms with Gasteiger partial charge in [0.25, 0.3) is 0 Å². The highest BCUT2D eigenvalue weighted by Crippen LogP contribution is 2.19. The molecular formula is C21H24N2O4S. The number of carbonyl (C=O) groups excluding carboxylic acids is 1. The van der Waals surface area contributed by atoms with Crippen molar-refractivity contribution in [1.82, 2.24) is 4.72 Å². The maximum atomic E-state index is 12.4. The quantitative estimate of drug-likeness (QED) is 0.691. The predicted molar refractivity (Wildman–Crippen MR) is 110 cm³/mol. The third kappa shape index (κ3) is 5.59. The standard InChI is InChI=1S/C21H24N2O4S/c1-5-14-27-19-9-7-18(8-10-19)23(4)21(24)12-13-22-28(25,26)20-11-6-16(2)15-17(20)3/h1,6-11,15,22H,12-14H2,2-4H3. The average molecular weight is 401 g/mol. The molecule has 2 rings (SSSR count). The Morgan fingerprint density at radius 2 is 1.86 bits per heavy atom. The SMILES string of the molecule is C#CCOc1ccc(N(C)C(=O)CCNS(=O)(=O)c2ccc(C)cc2C)cc1. The van der Waals surface area contributed by atoms with Gasteiger partial charge in [0.2, 0.25) is 15.9 Å². The Labute approximate surface area is 166 Å². The molecule has 0 bridgehead atoms. The van der Waals surface area contributed by atoms with E-state index >= 15 is 0 Å². The number of anilines is 1. The number of carbonyl (C=O) groups is 1. The number of rotatable bonds is 8. The zero-order chi connectivity index (χ0) is 20.7. The Hall–Kier alpha value is -2.82. The number of nitrogens with zero attached hydrogens (tertiary/aromatic N) is 1. The van der Waals surface area contributed by atoms with Crippen molar-refractivity contribution in [1.29, 1.82) is 0 Å². The van der Waals surface area contributed by atoms with Gasteiger partial charge in [-0.2, -0.15) is 0 Å². The topological polar surface area (TPSA) is 75.7 Å². The summed E-state index contributed by atoms with van der Waals surface area (Å²) in [5.74, 6) is 2.79. The number of hydrogen-bond donors (Lipinski definition) is 1. The van der Waals surface area contributed by atoms with E-state index in [0.717, 1.165) is 5.56 Å².